The van der Waals surface area contributed by atoms with E-state index in [1.165, 1.54) is 6.07 Å². The first-order valence-corrected chi connectivity index (χ1v) is 10.9. The molecule has 28 heavy (non-hydrogen) atoms. The van der Waals surface area contributed by atoms with Crippen molar-refractivity contribution in [3.8, 4) is 5.69 Å². The summed E-state index contributed by atoms with van der Waals surface area (Å²) in [5.41, 5.74) is 4.83. The van der Waals surface area contributed by atoms with Gasteiger partial charge in [0, 0.05) is 21.4 Å². The van der Waals surface area contributed by atoms with Gasteiger partial charge in [0.1, 0.15) is 5.82 Å². The summed E-state index contributed by atoms with van der Waals surface area (Å²) in [7, 11) is -1.01. The van der Waals surface area contributed by atoms with Crippen molar-refractivity contribution in [1.29, 1.82) is 0 Å². The van der Waals surface area contributed by atoms with Gasteiger partial charge in [-0.1, -0.05) is 40.9 Å². The second-order valence-corrected chi connectivity index (χ2v) is 9.08. The molecule has 0 unspecified atom stereocenters. The van der Waals surface area contributed by atoms with Crippen LogP contribution in [0.15, 0.2) is 36.4 Å². The van der Waals surface area contributed by atoms with Gasteiger partial charge in [0.2, 0.25) is 0 Å². The van der Waals surface area contributed by atoms with Crippen LogP contribution in [-0.2, 0) is 22.3 Å². The van der Waals surface area contributed by atoms with Gasteiger partial charge in [-0.05, 0) is 43.7 Å². The lowest BCUT2D eigenvalue weighted by Crippen LogP contribution is -2.17. The van der Waals surface area contributed by atoms with Crippen molar-refractivity contribution in [1.82, 2.24) is 9.78 Å². The maximum absolute atomic E-state index is 12.9. The Labute approximate surface area is 175 Å². The van der Waals surface area contributed by atoms with Gasteiger partial charge in [-0.2, -0.15) is 5.10 Å². The summed E-state index contributed by atoms with van der Waals surface area (Å²) in [5.74, 6) is 0.875. The number of rotatable bonds is 3. The van der Waals surface area contributed by atoms with Crippen LogP contribution in [0.4, 0.5) is 5.82 Å². The van der Waals surface area contributed by atoms with E-state index < -0.39 is 10.8 Å². The minimum absolute atomic E-state index is 0.274. The minimum Gasteiger partial charge on any atom is -0.306 e. The molecule has 0 radical (unpaired) electrons. The van der Waals surface area contributed by atoms with Crippen molar-refractivity contribution in [2.45, 2.75) is 25.4 Å². The highest BCUT2D eigenvalue weighted by Crippen LogP contribution is 2.33. The number of aromatic nitrogens is 2. The number of hydrogen-bond acceptors (Lipinski definition) is 3. The van der Waals surface area contributed by atoms with E-state index in [4.69, 9.17) is 23.2 Å². The normalized spacial score (nSPS) is 15.5. The first kappa shape index (κ1) is 19.2. The molecule has 0 aliphatic carbocycles. The van der Waals surface area contributed by atoms with E-state index in [2.05, 4.69) is 16.5 Å². The third kappa shape index (κ3) is 3.48. The highest BCUT2D eigenvalue weighted by molar-refractivity contribution is 7.83. The molecule has 1 N–H and O–H groups in total. The van der Waals surface area contributed by atoms with Gasteiger partial charge in [-0.15, -0.1) is 0 Å². The Bertz CT molecular complexity index is 1140. The molecular formula is C20H17Cl2N3O2S. The van der Waals surface area contributed by atoms with Gasteiger partial charge in [-0.3, -0.25) is 9.00 Å². The molecular weight excluding hydrogens is 417 g/mol. The van der Waals surface area contributed by atoms with Gasteiger partial charge in [0.15, 0.2) is 0 Å². The smallest absolute Gasteiger partial charge is 0.258 e. The van der Waals surface area contributed by atoms with Crippen molar-refractivity contribution in [3.05, 3.63) is 74.4 Å². The lowest BCUT2D eigenvalue weighted by molar-refractivity contribution is 0.102. The number of carbonyl (C=O) groups excluding carboxylic acids is 1. The Balaban J connectivity index is 1.80. The zero-order chi connectivity index (χ0) is 20.0. The molecule has 1 amide bonds. The fourth-order valence-electron chi connectivity index (χ4n) is 3.32. The number of anilines is 1. The predicted octanol–water partition coefficient (Wildman–Crippen LogP) is 4.81. The summed E-state index contributed by atoms with van der Waals surface area (Å²) in [6, 6.07) is 10.7. The molecule has 2 aromatic carbocycles. The lowest BCUT2D eigenvalue weighted by Gasteiger charge is -2.14. The number of amides is 1. The first-order valence-electron chi connectivity index (χ1n) is 8.63. The molecule has 5 nitrogen and oxygen atoms in total. The number of halogens is 2. The second-order valence-electron chi connectivity index (χ2n) is 6.78. The topological polar surface area (TPSA) is 64.0 Å². The summed E-state index contributed by atoms with van der Waals surface area (Å²) in [6.45, 7) is 4.01. The van der Waals surface area contributed by atoms with Crippen LogP contribution < -0.4 is 5.32 Å². The van der Waals surface area contributed by atoms with Crippen LogP contribution in [0.3, 0.4) is 0 Å². The Morgan fingerprint density at radius 3 is 2.68 bits per heavy atom. The van der Waals surface area contributed by atoms with E-state index >= 15 is 0 Å². The number of nitrogens with one attached hydrogen (secondary N) is 1. The number of benzene rings is 2. The summed E-state index contributed by atoms with van der Waals surface area (Å²) < 4.78 is 13.8. The van der Waals surface area contributed by atoms with E-state index in [-0.39, 0.29) is 11.5 Å². The number of fused-ring (bicyclic) bond motifs is 1. The summed E-state index contributed by atoms with van der Waals surface area (Å²) in [6.07, 6.45) is 0. The molecule has 2 heterocycles. The highest BCUT2D eigenvalue weighted by Gasteiger charge is 2.29. The zero-order valence-corrected chi connectivity index (χ0v) is 17.6. The van der Waals surface area contributed by atoms with Crippen molar-refractivity contribution in [3.63, 3.8) is 0 Å². The van der Waals surface area contributed by atoms with Gasteiger partial charge in [-0.25, -0.2) is 4.68 Å². The summed E-state index contributed by atoms with van der Waals surface area (Å²) >= 11 is 12.2. The highest BCUT2D eigenvalue weighted by atomic mass is 35.5. The fraction of sp³-hybridized carbons (Fsp3) is 0.200. The Morgan fingerprint density at radius 1 is 1.14 bits per heavy atom. The van der Waals surface area contributed by atoms with Crippen molar-refractivity contribution < 1.29 is 9.00 Å². The quantitative estimate of drug-likeness (QED) is 0.644. The molecule has 3 aromatic rings. The molecule has 0 saturated carbocycles. The molecule has 0 spiro atoms. The van der Waals surface area contributed by atoms with E-state index in [9.17, 15) is 9.00 Å². The zero-order valence-electron chi connectivity index (χ0n) is 15.3. The van der Waals surface area contributed by atoms with Crippen LogP contribution in [0.1, 0.15) is 32.7 Å². The van der Waals surface area contributed by atoms with E-state index in [1.54, 1.807) is 16.8 Å². The SMILES string of the molecule is Cc1ccc(-n2nc3c(c2NC(=O)c2cc(Cl)ccc2Cl)C[S@](=O)C3)c(C)c1. The predicted molar refractivity (Wildman–Crippen MR) is 113 cm³/mol. The Kier molecular flexibility index (Phi) is 5.04. The maximum Gasteiger partial charge on any atom is 0.258 e. The monoisotopic (exact) mass is 433 g/mol. The number of nitrogens with zero attached hydrogens (tertiary/aromatic N) is 2. The van der Waals surface area contributed by atoms with Gasteiger partial charge < -0.3 is 5.32 Å². The molecule has 1 aromatic heterocycles. The first-order chi connectivity index (χ1) is 13.3. The van der Waals surface area contributed by atoms with Crippen LogP contribution in [0.25, 0.3) is 5.69 Å². The summed E-state index contributed by atoms with van der Waals surface area (Å²) in [4.78, 5) is 12.9. The largest absolute Gasteiger partial charge is 0.306 e. The van der Waals surface area contributed by atoms with Crippen LogP contribution >= 0.6 is 23.2 Å². The third-order valence-electron chi connectivity index (χ3n) is 4.66. The van der Waals surface area contributed by atoms with E-state index in [1.807, 2.05) is 26.0 Å². The average Bonchev–Trinajstić information content (AvgIpc) is 3.14. The minimum atomic E-state index is -1.01. The molecule has 4 rings (SSSR count). The molecule has 0 fully saturated rings. The molecule has 1 atom stereocenters. The van der Waals surface area contributed by atoms with Crippen LogP contribution in [-0.4, -0.2) is 19.9 Å². The molecule has 1 aliphatic rings. The molecule has 0 bridgehead atoms. The standard InChI is InChI=1S/C20H17Cl2N3O2S/c1-11-3-6-18(12(2)7-11)25-19(15-9-28(27)10-17(15)24-25)23-20(26)14-8-13(21)4-5-16(14)22/h3-8H,9-10H2,1-2H3,(H,23,26)/t28-/m0/s1. The van der Waals surface area contributed by atoms with Crippen molar-refractivity contribution >= 4 is 45.7 Å². The third-order valence-corrected chi connectivity index (χ3v) is 6.43. The van der Waals surface area contributed by atoms with Crippen molar-refractivity contribution in [2.24, 2.45) is 0 Å². The molecule has 144 valence electrons. The van der Waals surface area contributed by atoms with Gasteiger partial charge >= 0.3 is 0 Å². The molecule has 8 heteroatoms. The number of carbonyl (C=O) groups is 1. The van der Waals surface area contributed by atoms with E-state index in [0.717, 1.165) is 28.1 Å². The maximum atomic E-state index is 12.9. The molecule has 1 aliphatic heterocycles. The van der Waals surface area contributed by atoms with Crippen molar-refractivity contribution in [2.75, 3.05) is 5.32 Å². The fourth-order valence-corrected chi connectivity index (χ4v) is 4.96. The number of aryl methyl sites for hydroxylation is 2. The van der Waals surface area contributed by atoms with Crippen LogP contribution in [0.2, 0.25) is 10.0 Å². The summed E-state index contributed by atoms with van der Waals surface area (Å²) in [5, 5.41) is 8.28. The lowest BCUT2D eigenvalue weighted by atomic mass is 10.1. The van der Waals surface area contributed by atoms with E-state index in [0.29, 0.717) is 27.4 Å². The van der Waals surface area contributed by atoms with Gasteiger partial charge in [0.05, 0.1) is 33.5 Å². The van der Waals surface area contributed by atoms with Crippen LogP contribution in [0, 0.1) is 13.8 Å². The molecule has 0 saturated heterocycles. The van der Waals surface area contributed by atoms with Crippen LogP contribution in [0.5, 0.6) is 0 Å². The average molecular weight is 434 g/mol. The Hall–Kier alpha value is -2.15. The van der Waals surface area contributed by atoms with Gasteiger partial charge in [0.25, 0.3) is 5.91 Å². The Morgan fingerprint density at radius 2 is 1.93 bits per heavy atom. The second kappa shape index (κ2) is 7.35. The number of hydrogen-bond donors (Lipinski definition) is 1.